The van der Waals surface area contributed by atoms with Crippen molar-refractivity contribution in [2.45, 2.75) is 45.6 Å². The summed E-state index contributed by atoms with van der Waals surface area (Å²) in [5.74, 6) is -2.75. The highest BCUT2D eigenvalue weighted by Gasteiger charge is 2.52. The van der Waals surface area contributed by atoms with Gasteiger partial charge in [0, 0.05) is 23.7 Å². The van der Waals surface area contributed by atoms with E-state index in [1.807, 2.05) is 61.5 Å². The molecule has 32 heavy (non-hydrogen) atoms. The minimum absolute atomic E-state index is 0.0713. The van der Waals surface area contributed by atoms with E-state index in [4.69, 9.17) is 9.47 Å². The van der Waals surface area contributed by atoms with Crippen LogP contribution in [0.2, 0.25) is 0 Å². The second kappa shape index (κ2) is 10.0. The Morgan fingerprint density at radius 3 is 2.25 bits per heavy atom. The number of carbonyl (C=O) groups excluding carboxylic acids is 2. The average Bonchev–Trinajstić information content (AvgIpc) is 2.75. The van der Waals surface area contributed by atoms with Gasteiger partial charge in [-0.25, -0.2) is 4.79 Å². The number of esters is 2. The Balaban J connectivity index is 2.21. The van der Waals surface area contributed by atoms with Crippen LogP contribution in [0.4, 0.5) is 5.69 Å². The van der Waals surface area contributed by atoms with Crippen molar-refractivity contribution in [2.75, 3.05) is 18.5 Å². The van der Waals surface area contributed by atoms with E-state index in [1.165, 1.54) is 0 Å². The van der Waals surface area contributed by atoms with Crippen LogP contribution >= 0.6 is 0 Å². The van der Waals surface area contributed by atoms with Crippen LogP contribution in [-0.2, 0) is 19.1 Å². The fourth-order valence-electron chi connectivity index (χ4n) is 4.30. The zero-order valence-electron chi connectivity index (χ0n) is 19.1. The van der Waals surface area contributed by atoms with E-state index in [0.29, 0.717) is 11.3 Å². The maximum Gasteiger partial charge on any atom is 0.336 e. The molecule has 0 aliphatic heterocycles. The van der Waals surface area contributed by atoms with Crippen LogP contribution in [0.3, 0.4) is 0 Å². The van der Waals surface area contributed by atoms with Crippen molar-refractivity contribution in [3.63, 3.8) is 0 Å². The van der Waals surface area contributed by atoms with Crippen LogP contribution in [-0.4, -0.2) is 35.9 Å². The van der Waals surface area contributed by atoms with Crippen LogP contribution in [0.15, 0.2) is 65.9 Å². The summed E-state index contributed by atoms with van der Waals surface area (Å²) in [6, 6.07) is 17.0. The summed E-state index contributed by atoms with van der Waals surface area (Å²) in [6.45, 7) is 7.45. The van der Waals surface area contributed by atoms with E-state index in [-0.39, 0.29) is 19.6 Å². The number of rotatable bonds is 7. The second-order valence-electron chi connectivity index (χ2n) is 8.26. The Hall–Kier alpha value is -3.12. The van der Waals surface area contributed by atoms with Crippen molar-refractivity contribution in [3.8, 4) is 0 Å². The number of hydrogen-bond acceptors (Lipinski definition) is 6. The molecule has 3 atom stereocenters. The van der Waals surface area contributed by atoms with E-state index >= 15 is 0 Å². The molecule has 1 aliphatic rings. The van der Waals surface area contributed by atoms with Gasteiger partial charge in [-0.1, -0.05) is 48.0 Å². The summed E-state index contributed by atoms with van der Waals surface area (Å²) in [4.78, 5) is 26.3. The molecule has 2 N–H and O–H groups in total. The Labute approximate surface area is 189 Å². The van der Waals surface area contributed by atoms with Crippen LogP contribution in [0.25, 0.3) is 0 Å². The molecule has 3 rings (SSSR count). The smallest absolute Gasteiger partial charge is 0.336 e. The van der Waals surface area contributed by atoms with Gasteiger partial charge in [0.05, 0.1) is 30.3 Å². The highest BCUT2D eigenvalue weighted by atomic mass is 16.5. The molecule has 2 aromatic rings. The lowest BCUT2D eigenvalue weighted by Crippen LogP contribution is -2.49. The van der Waals surface area contributed by atoms with Gasteiger partial charge >= 0.3 is 11.9 Å². The van der Waals surface area contributed by atoms with Crippen LogP contribution in [0, 0.1) is 12.8 Å². The van der Waals surface area contributed by atoms with Crippen molar-refractivity contribution in [1.82, 2.24) is 0 Å². The SMILES string of the molecule is CCOC(=O)C1=C(Nc2ccc(C)cc2)C[C@@](C)(O)[C@H](C(=O)OCC)[C@H]1c1ccccc1. The van der Waals surface area contributed by atoms with Crippen molar-refractivity contribution < 1.29 is 24.2 Å². The number of hydrogen-bond donors (Lipinski definition) is 2. The topological polar surface area (TPSA) is 84.9 Å². The zero-order chi connectivity index (χ0) is 23.3. The molecular weight excluding hydrogens is 406 g/mol. The molecule has 6 nitrogen and oxygen atoms in total. The molecule has 170 valence electrons. The van der Waals surface area contributed by atoms with Crippen molar-refractivity contribution in [2.24, 2.45) is 5.92 Å². The van der Waals surface area contributed by atoms with Gasteiger partial charge < -0.3 is 19.9 Å². The number of aryl methyl sites for hydroxylation is 1. The molecule has 0 aromatic heterocycles. The largest absolute Gasteiger partial charge is 0.466 e. The molecule has 0 saturated carbocycles. The van der Waals surface area contributed by atoms with E-state index < -0.39 is 29.4 Å². The van der Waals surface area contributed by atoms with Crippen molar-refractivity contribution in [3.05, 3.63) is 77.0 Å². The lowest BCUT2D eigenvalue weighted by molar-refractivity contribution is -0.159. The van der Waals surface area contributed by atoms with E-state index in [2.05, 4.69) is 5.32 Å². The molecule has 0 spiro atoms. The molecule has 0 heterocycles. The molecule has 0 saturated heterocycles. The number of aliphatic hydroxyl groups is 1. The van der Waals surface area contributed by atoms with E-state index in [0.717, 1.165) is 16.8 Å². The number of benzene rings is 2. The number of anilines is 1. The zero-order valence-corrected chi connectivity index (χ0v) is 19.1. The third-order valence-corrected chi connectivity index (χ3v) is 5.72. The summed E-state index contributed by atoms with van der Waals surface area (Å²) in [7, 11) is 0. The fourth-order valence-corrected chi connectivity index (χ4v) is 4.30. The first kappa shape index (κ1) is 23.5. The highest BCUT2D eigenvalue weighted by molar-refractivity contribution is 5.94. The van der Waals surface area contributed by atoms with Crippen LogP contribution < -0.4 is 5.32 Å². The van der Waals surface area contributed by atoms with Gasteiger partial charge in [0.15, 0.2) is 0 Å². The normalized spacial score (nSPS) is 22.9. The Morgan fingerprint density at radius 2 is 1.66 bits per heavy atom. The molecule has 0 fully saturated rings. The quantitative estimate of drug-likeness (QED) is 0.627. The predicted molar refractivity (Wildman–Crippen MR) is 123 cm³/mol. The van der Waals surface area contributed by atoms with Gasteiger partial charge in [-0.15, -0.1) is 0 Å². The van der Waals surface area contributed by atoms with Gasteiger partial charge in [-0.05, 0) is 45.4 Å². The van der Waals surface area contributed by atoms with Crippen LogP contribution in [0.5, 0.6) is 0 Å². The van der Waals surface area contributed by atoms with Gasteiger partial charge in [-0.3, -0.25) is 4.79 Å². The van der Waals surface area contributed by atoms with Crippen molar-refractivity contribution in [1.29, 1.82) is 0 Å². The molecule has 0 amide bonds. The fraction of sp³-hybridized carbons (Fsp3) is 0.385. The second-order valence-corrected chi connectivity index (χ2v) is 8.26. The predicted octanol–water partition coefficient (Wildman–Crippen LogP) is 4.34. The summed E-state index contributed by atoms with van der Waals surface area (Å²) < 4.78 is 10.7. The van der Waals surface area contributed by atoms with E-state index in [9.17, 15) is 14.7 Å². The first-order chi connectivity index (χ1) is 15.3. The molecule has 0 unspecified atom stereocenters. The lowest BCUT2D eigenvalue weighted by atomic mass is 9.66. The molecule has 0 radical (unpaired) electrons. The molecule has 6 heteroatoms. The van der Waals surface area contributed by atoms with Gasteiger partial charge in [0.25, 0.3) is 0 Å². The Morgan fingerprint density at radius 1 is 1.03 bits per heavy atom. The van der Waals surface area contributed by atoms with Crippen molar-refractivity contribution >= 4 is 17.6 Å². The first-order valence-corrected chi connectivity index (χ1v) is 11.0. The number of ether oxygens (including phenoxy) is 2. The third kappa shape index (κ3) is 5.02. The van der Waals surface area contributed by atoms with Gasteiger partial charge in [0.2, 0.25) is 0 Å². The van der Waals surface area contributed by atoms with Gasteiger partial charge in [0.1, 0.15) is 0 Å². The Kier molecular flexibility index (Phi) is 7.36. The molecular formula is C26H31NO5. The highest BCUT2D eigenvalue weighted by Crippen LogP contribution is 2.48. The lowest BCUT2D eigenvalue weighted by Gasteiger charge is -2.43. The minimum atomic E-state index is -1.45. The molecule has 2 aromatic carbocycles. The summed E-state index contributed by atoms with van der Waals surface area (Å²) in [5, 5.41) is 14.8. The third-order valence-electron chi connectivity index (χ3n) is 5.72. The number of nitrogens with one attached hydrogen (secondary N) is 1. The minimum Gasteiger partial charge on any atom is -0.466 e. The summed E-state index contributed by atoms with van der Waals surface area (Å²) in [5.41, 5.74) is 2.04. The monoisotopic (exact) mass is 437 g/mol. The maximum absolute atomic E-state index is 13.2. The molecule has 1 aliphatic carbocycles. The van der Waals surface area contributed by atoms with Crippen LogP contribution in [0.1, 0.15) is 44.2 Å². The average molecular weight is 438 g/mol. The standard InChI is InChI=1S/C26H31NO5/c1-5-31-24(28)22-20(27-19-14-12-17(3)13-15-19)16-26(4,30)23(25(29)32-6-2)21(22)18-10-8-7-9-11-18/h7-15,21,23,27,30H,5-6,16H2,1-4H3/t21-,23-,26+/m0/s1. The van der Waals surface area contributed by atoms with Gasteiger partial charge in [-0.2, -0.15) is 0 Å². The van der Waals surface area contributed by atoms with E-state index in [1.54, 1.807) is 20.8 Å². The summed E-state index contributed by atoms with van der Waals surface area (Å²) in [6.07, 6.45) is 0.0713. The molecule has 0 bridgehead atoms. The Bertz CT molecular complexity index is 979. The number of carbonyl (C=O) groups is 2. The summed E-state index contributed by atoms with van der Waals surface area (Å²) >= 11 is 0. The first-order valence-electron chi connectivity index (χ1n) is 11.0. The maximum atomic E-state index is 13.2.